The third-order valence-electron chi connectivity index (χ3n) is 6.52. The van der Waals surface area contributed by atoms with Crippen LogP contribution >= 0.6 is 0 Å². The Morgan fingerprint density at radius 1 is 1.03 bits per heavy atom. The minimum atomic E-state index is -0.506. The molecule has 8 heteroatoms. The van der Waals surface area contributed by atoms with E-state index >= 15 is 0 Å². The molecular weight excluding hydrogens is 483 g/mol. The van der Waals surface area contributed by atoms with Gasteiger partial charge in [-0.15, -0.1) is 0 Å². The molecule has 0 bridgehead atoms. The number of carbonyl (C=O) groups is 2. The lowest BCUT2D eigenvalue weighted by molar-refractivity contribution is 0.000551. The van der Waals surface area contributed by atoms with Crippen LogP contribution in [0.25, 0.3) is 11.3 Å². The zero-order valence-electron chi connectivity index (χ0n) is 22.6. The maximum absolute atomic E-state index is 13.2. The average Bonchev–Trinajstić information content (AvgIpc) is 2.88. The van der Waals surface area contributed by atoms with Crippen LogP contribution in [0, 0.1) is 5.82 Å². The number of pyridine rings is 1. The van der Waals surface area contributed by atoms with Crippen molar-refractivity contribution in [3.8, 4) is 11.3 Å². The number of nitrogens with zero attached hydrogens (tertiary/aromatic N) is 4. The van der Waals surface area contributed by atoms with Crippen molar-refractivity contribution in [2.24, 2.45) is 0 Å². The first kappa shape index (κ1) is 27.3. The first-order valence-electron chi connectivity index (χ1n) is 12.8. The Kier molecular flexibility index (Phi) is 8.11. The van der Waals surface area contributed by atoms with Crippen LogP contribution in [0.1, 0.15) is 43.6 Å². The largest absolute Gasteiger partial charge is 0.444 e. The summed E-state index contributed by atoms with van der Waals surface area (Å²) in [5, 5.41) is 0. The van der Waals surface area contributed by atoms with E-state index in [4.69, 9.17) is 4.74 Å². The Morgan fingerprint density at radius 3 is 2.29 bits per heavy atom. The summed E-state index contributed by atoms with van der Waals surface area (Å²) in [5.74, 6) is -0.466. The molecule has 0 radical (unpaired) electrons. The maximum atomic E-state index is 13.2. The lowest BCUT2D eigenvalue weighted by Crippen LogP contribution is -2.54. The van der Waals surface area contributed by atoms with Gasteiger partial charge in [0.25, 0.3) is 5.91 Å². The van der Waals surface area contributed by atoms with Crippen molar-refractivity contribution in [3.63, 3.8) is 0 Å². The maximum Gasteiger partial charge on any atom is 0.410 e. The summed E-state index contributed by atoms with van der Waals surface area (Å²) in [6.07, 6.45) is 1.28. The first-order chi connectivity index (χ1) is 18.0. The minimum absolute atomic E-state index is 0.0599. The molecule has 0 saturated carbocycles. The number of ether oxygens (including phenoxy) is 1. The Hall–Kier alpha value is -3.78. The van der Waals surface area contributed by atoms with E-state index < -0.39 is 5.60 Å². The van der Waals surface area contributed by atoms with E-state index in [9.17, 15) is 14.0 Å². The summed E-state index contributed by atoms with van der Waals surface area (Å²) in [6, 6.07) is 17.6. The molecule has 1 aliphatic heterocycles. The smallest absolute Gasteiger partial charge is 0.410 e. The molecule has 1 aliphatic rings. The third-order valence-corrected chi connectivity index (χ3v) is 6.52. The lowest BCUT2D eigenvalue weighted by atomic mass is 10.1. The monoisotopic (exact) mass is 518 g/mol. The molecule has 200 valence electrons. The van der Waals surface area contributed by atoms with Gasteiger partial charge in [-0.05, 0) is 81.8 Å². The summed E-state index contributed by atoms with van der Waals surface area (Å²) < 4.78 is 18.7. The summed E-state index contributed by atoms with van der Waals surface area (Å²) in [6.45, 7) is 10.6. The van der Waals surface area contributed by atoms with Gasteiger partial charge in [-0.25, -0.2) is 9.18 Å². The number of anilines is 1. The van der Waals surface area contributed by atoms with E-state index in [0.717, 1.165) is 36.4 Å². The van der Waals surface area contributed by atoms with Crippen LogP contribution in [-0.2, 0) is 11.3 Å². The van der Waals surface area contributed by atoms with Gasteiger partial charge in [0.1, 0.15) is 11.4 Å². The molecule has 3 aromatic rings. The van der Waals surface area contributed by atoms with Crippen molar-refractivity contribution < 1.29 is 18.7 Å². The second-order valence-corrected chi connectivity index (χ2v) is 10.7. The van der Waals surface area contributed by atoms with Crippen molar-refractivity contribution >= 4 is 17.7 Å². The molecular formula is C30H35FN4O3. The normalized spacial score (nSPS) is 16.3. The van der Waals surface area contributed by atoms with Crippen molar-refractivity contribution in [2.75, 3.05) is 31.6 Å². The van der Waals surface area contributed by atoms with E-state index in [1.54, 1.807) is 47.3 Å². The van der Waals surface area contributed by atoms with Crippen molar-refractivity contribution in [2.45, 2.75) is 45.9 Å². The third kappa shape index (κ3) is 6.75. The lowest BCUT2D eigenvalue weighted by Gasteiger charge is -2.40. The standard InChI is InChI=1S/C30H35FN4O3/c1-21-19-34(16-17-35(21)29(37)38-30(2,3)4)20-22-6-13-26(14-7-22)33(5)28(36)24-10-15-27(32-18-24)23-8-11-25(31)12-9-23/h6-15,18,21H,16-17,19-20H2,1-5H3/t21-/m0/s1. The fourth-order valence-electron chi connectivity index (χ4n) is 4.47. The van der Waals surface area contributed by atoms with Crippen LogP contribution in [-0.4, -0.2) is 65.1 Å². The number of hydrogen-bond acceptors (Lipinski definition) is 5. The molecule has 0 spiro atoms. The van der Waals surface area contributed by atoms with E-state index in [1.807, 2.05) is 52.0 Å². The quantitative estimate of drug-likeness (QED) is 0.440. The van der Waals surface area contributed by atoms with E-state index in [0.29, 0.717) is 17.8 Å². The van der Waals surface area contributed by atoms with Gasteiger partial charge in [0.15, 0.2) is 0 Å². The molecule has 0 aliphatic carbocycles. The van der Waals surface area contributed by atoms with Gasteiger partial charge < -0.3 is 14.5 Å². The molecule has 1 saturated heterocycles. The molecule has 7 nitrogen and oxygen atoms in total. The SMILES string of the molecule is C[C@H]1CN(Cc2ccc(N(C)C(=O)c3ccc(-c4ccc(F)cc4)nc3)cc2)CCN1C(=O)OC(C)(C)C. The number of aromatic nitrogens is 1. The van der Waals surface area contributed by atoms with Crippen LogP contribution in [0.5, 0.6) is 0 Å². The number of piperazine rings is 1. The van der Waals surface area contributed by atoms with Gasteiger partial charge in [0, 0.05) is 56.7 Å². The first-order valence-corrected chi connectivity index (χ1v) is 12.8. The topological polar surface area (TPSA) is 66.0 Å². The van der Waals surface area contributed by atoms with Crippen LogP contribution in [0.3, 0.4) is 0 Å². The number of carbonyl (C=O) groups excluding carboxylic acids is 2. The van der Waals surface area contributed by atoms with Gasteiger partial charge >= 0.3 is 6.09 Å². The van der Waals surface area contributed by atoms with Gasteiger partial charge in [0.2, 0.25) is 0 Å². The fraction of sp³-hybridized carbons (Fsp3) is 0.367. The molecule has 1 fully saturated rings. The van der Waals surface area contributed by atoms with Crippen LogP contribution in [0.15, 0.2) is 66.9 Å². The van der Waals surface area contributed by atoms with Crippen LogP contribution in [0.2, 0.25) is 0 Å². The molecule has 2 amide bonds. The van der Waals surface area contributed by atoms with Crippen molar-refractivity contribution in [3.05, 3.63) is 83.8 Å². The highest BCUT2D eigenvalue weighted by Crippen LogP contribution is 2.22. The summed E-state index contributed by atoms with van der Waals surface area (Å²) >= 11 is 0. The van der Waals surface area contributed by atoms with Crippen molar-refractivity contribution in [1.29, 1.82) is 0 Å². The molecule has 2 heterocycles. The molecule has 1 atom stereocenters. The van der Waals surface area contributed by atoms with E-state index in [-0.39, 0.29) is 23.9 Å². The van der Waals surface area contributed by atoms with Gasteiger partial charge in [-0.2, -0.15) is 0 Å². The second kappa shape index (κ2) is 11.3. The number of hydrogen-bond donors (Lipinski definition) is 0. The van der Waals surface area contributed by atoms with Crippen LogP contribution in [0.4, 0.5) is 14.9 Å². The second-order valence-electron chi connectivity index (χ2n) is 10.7. The molecule has 0 N–H and O–H groups in total. The number of amides is 2. The molecule has 4 rings (SSSR count). The Labute approximate surface area is 223 Å². The predicted molar refractivity (Wildman–Crippen MR) is 146 cm³/mol. The van der Waals surface area contributed by atoms with Crippen LogP contribution < -0.4 is 4.90 Å². The Balaban J connectivity index is 1.33. The highest BCUT2D eigenvalue weighted by atomic mass is 19.1. The molecule has 1 aromatic heterocycles. The predicted octanol–water partition coefficient (Wildman–Crippen LogP) is 5.61. The van der Waals surface area contributed by atoms with E-state index in [1.165, 1.54) is 12.1 Å². The van der Waals surface area contributed by atoms with Gasteiger partial charge in [-0.3, -0.25) is 14.7 Å². The highest BCUT2D eigenvalue weighted by Gasteiger charge is 2.30. The Bertz CT molecular complexity index is 1250. The van der Waals surface area contributed by atoms with Gasteiger partial charge in [-0.1, -0.05) is 12.1 Å². The number of halogens is 1. The Morgan fingerprint density at radius 2 is 1.71 bits per heavy atom. The summed E-state index contributed by atoms with van der Waals surface area (Å²) in [4.78, 5) is 35.6. The number of rotatable bonds is 5. The minimum Gasteiger partial charge on any atom is -0.444 e. The highest BCUT2D eigenvalue weighted by molar-refractivity contribution is 6.05. The molecule has 38 heavy (non-hydrogen) atoms. The number of benzene rings is 2. The average molecular weight is 519 g/mol. The summed E-state index contributed by atoms with van der Waals surface area (Å²) in [7, 11) is 1.74. The summed E-state index contributed by atoms with van der Waals surface area (Å²) in [5.41, 5.74) is 3.35. The zero-order chi connectivity index (χ0) is 27.4. The van der Waals surface area contributed by atoms with Gasteiger partial charge in [0.05, 0.1) is 11.3 Å². The molecule has 0 unspecified atom stereocenters. The fourth-order valence-corrected chi connectivity index (χ4v) is 4.47. The van der Waals surface area contributed by atoms with Crippen molar-refractivity contribution in [1.82, 2.24) is 14.8 Å². The zero-order valence-corrected chi connectivity index (χ0v) is 22.6. The molecule has 2 aromatic carbocycles. The van der Waals surface area contributed by atoms with E-state index in [2.05, 4.69) is 9.88 Å².